The Morgan fingerprint density at radius 3 is 2.62 bits per heavy atom. The monoisotopic (exact) mass is 366 g/mol. The topological polar surface area (TPSA) is 77.9 Å². The van der Waals surface area contributed by atoms with Crippen LogP contribution >= 0.6 is 11.8 Å². The molecule has 2 aliphatic heterocycles. The lowest BCUT2D eigenvalue weighted by molar-refractivity contribution is -0.118. The molecule has 0 radical (unpaired) electrons. The van der Waals surface area contributed by atoms with Crippen molar-refractivity contribution in [2.45, 2.75) is 5.92 Å². The smallest absolute Gasteiger partial charge is 0.298 e. The lowest BCUT2D eigenvalue weighted by Gasteiger charge is -2.12. The summed E-state index contributed by atoms with van der Waals surface area (Å²) in [6.45, 7) is 0. The zero-order valence-electron chi connectivity index (χ0n) is 13.7. The van der Waals surface area contributed by atoms with E-state index in [0.29, 0.717) is 5.69 Å². The molecule has 7 heteroatoms. The third-order valence-corrected chi connectivity index (χ3v) is 5.32. The van der Waals surface area contributed by atoms with E-state index in [4.69, 9.17) is 0 Å². The number of likely N-dealkylation sites (N-methyl/N-ethyl adjacent to an activating group) is 1. The van der Waals surface area contributed by atoms with Gasteiger partial charge in [-0.05, 0) is 41.6 Å². The Morgan fingerprint density at radius 1 is 1.08 bits per heavy atom. The number of hydrogen-bond acceptors (Lipinski definition) is 5. The minimum Gasteiger partial charge on any atom is -0.508 e. The second-order valence-corrected chi connectivity index (χ2v) is 6.99. The molecule has 1 atom stereocenters. The Balaban J connectivity index is 1.70. The van der Waals surface area contributed by atoms with E-state index in [-0.39, 0.29) is 16.6 Å². The Bertz CT molecular complexity index is 985. The number of rotatable bonds is 2. The van der Waals surface area contributed by atoms with Gasteiger partial charge in [0.05, 0.1) is 16.5 Å². The van der Waals surface area contributed by atoms with E-state index in [1.54, 1.807) is 30.2 Å². The number of aromatic hydroxyl groups is 1. The third kappa shape index (κ3) is 2.48. The first kappa shape index (κ1) is 16.4. The Hall–Kier alpha value is -3.06. The van der Waals surface area contributed by atoms with E-state index >= 15 is 0 Å². The second kappa shape index (κ2) is 6.03. The normalized spacial score (nSPS) is 21.0. The van der Waals surface area contributed by atoms with Gasteiger partial charge in [0.25, 0.3) is 11.1 Å². The number of hydrogen-bond donors (Lipinski definition) is 1. The maximum absolute atomic E-state index is 12.7. The summed E-state index contributed by atoms with van der Waals surface area (Å²) >= 11 is 0.793. The highest BCUT2D eigenvalue weighted by atomic mass is 32.2. The van der Waals surface area contributed by atoms with Crippen LogP contribution in [0, 0.1) is 0 Å². The third-order valence-electron chi connectivity index (χ3n) is 4.43. The summed E-state index contributed by atoms with van der Waals surface area (Å²) in [6.07, 6.45) is 1.55. The SMILES string of the molecule is CN1C(=O)C(C=C2SC(=O)N(c3cccc(O)c3)C2=O)c2ccccc21. The van der Waals surface area contributed by atoms with Crippen LogP contribution in [-0.4, -0.2) is 29.2 Å². The van der Waals surface area contributed by atoms with Gasteiger partial charge >= 0.3 is 0 Å². The van der Waals surface area contributed by atoms with Crippen LogP contribution in [0.25, 0.3) is 0 Å². The van der Waals surface area contributed by atoms with Gasteiger partial charge in [0, 0.05) is 18.8 Å². The lowest BCUT2D eigenvalue weighted by Crippen LogP contribution is -2.28. The van der Waals surface area contributed by atoms with Crippen molar-refractivity contribution in [1.82, 2.24) is 0 Å². The molecule has 0 saturated carbocycles. The van der Waals surface area contributed by atoms with Gasteiger partial charge < -0.3 is 10.0 Å². The molecule has 6 nitrogen and oxygen atoms in total. The van der Waals surface area contributed by atoms with Crippen LogP contribution in [-0.2, 0) is 9.59 Å². The summed E-state index contributed by atoms with van der Waals surface area (Å²) in [6, 6.07) is 13.3. The molecule has 1 N–H and O–H groups in total. The van der Waals surface area contributed by atoms with Crippen LogP contribution in [0.3, 0.4) is 0 Å². The van der Waals surface area contributed by atoms with Crippen molar-refractivity contribution in [3.63, 3.8) is 0 Å². The number of thioether (sulfide) groups is 1. The number of amides is 3. The molecule has 2 aromatic carbocycles. The molecule has 2 heterocycles. The second-order valence-electron chi connectivity index (χ2n) is 5.99. The van der Waals surface area contributed by atoms with Gasteiger partial charge in [0.15, 0.2) is 0 Å². The van der Waals surface area contributed by atoms with Crippen molar-refractivity contribution in [3.05, 3.63) is 65.1 Å². The molecule has 2 aromatic rings. The van der Waals surface area contributed by atoms with Crippen LogP contribution in [0.15, 0.2) is 59.5 Å². The standard InChI is InChI=1S/C19H14N2O4S/c1-20-15-8-3-2-7-13(15)14(17(20)23)10-16-18(24)21(19(25)26-16)11-5-4-6-12(22)9-11/h2-10,14,22H,1H3. The molecule has 1 unspecified atom stereocenters. The molecule has 3 amide bonds. The number of para-hydroxylation sites is 1. The number of phenolic OH excluding ortho intramolecular Hbond substituents is 1. The van der Waals surface area contributed by atoms with E-state index < -0.39 is 17.1 Å². The summed E-state index contributed by atoms with van der Waals surface area (Å²) in [5.41, 5.74) is 1.90. The minimum absolute atomic E-state index is 0.0351. The highest BCUT2D eigenvalue weighted by Crippen LogP contribution is 2.41. The van der Waals surface area contributed by atoms with Crippen LogP contribution < -0.4 is 9.80 Å². The predicted octanol–water partition coefficient (Wildman–Crippen LogP) is 3.24. The van der Waals surface area contributed by atoms with E-state index in [9.17, 15) is 19.5 Å². The lowest BCUT2D eigenvalue weighted by atomic mass is 10.00. The number of imide groups is 1. The van der Waals surface area contributed by atoms with Crippen LogP contribution in [0.4, 0.5) is 16.2 Å². The van der Waals surface area contributed by atoms with Crippen LogP contribution in [0.1, 0.15) is 11.5 Å². The largest absolute Gasteiger partial charge is 0.508 e. The molecule has 0 bridgehead atoms. The van der Waals surface area contributed by atoms with Crippen molar-refractivity contribution in [2.24, 2.45) is 0 Å². The van der Waals surface area contributed by atoms with Gasteiger partial charge in [-0.1, -0.05) is 24.3 Å². The summed E-state index contributed by atoms with van der Waals surface area (Å²) in [5.74, 6) is -1.27. The first-order valence-electron chi connectivity index (χ1n) is 7.91. The number of carbonyl (C=O) groups excluding carboxylic acids is 3. The molecule has 0 aliphatic carbocycles. The van der Waals surface area contributed by atoms with Gasteiger partial charge in [0.1, 0.15) is 5.75 Å². The molecule has 130 valence electrons. The fourth-order valence-electron chi connectivity index (χ4n) is 3.17. The molecule has 2 aliphatic rings. The van der Waals surface area contributed by atoms with E-state index in [2.05, 4.69) is 0 Å². The van der Waals surface area contributed by atoms with Gasteiger partial charge in [-0.3, -0.25) is 14.4 Å². The fourth-order valence-corrected chi connectivity index (χ4v) is 4.02. The number of anilines is 2. The van der Waals surface area contributed by atoms with Gasteiger partial charge in [-0.2, -0.15) is 0 Å². The van der Waals surface area contributed by atoms with Crippen molar-refractivity contribution in [3.8, 4) is 5.75 Å². The Kier molecular flexibility index (Phi) is 3.81. The van der Waals surface area contributed by atoms with Crippen molar-refractivity contribution >= 4 is 40.2 Å². The molecular formula is C19H14N2O4S. The molecule has 4 rings (SSSR count). The van der Waals surface area contributed by atoms with Gasteiger partial charge in [-0.25, -0.2) is 4.90 Å². The average molecular weight is 366 g/mol. The zero-order valence-corrected chi connectivity index (χ0v) is 14.6. The number of nitrogens with zero attached hydrogens (tertiary/aromatic N) is 2. The highest BCUT2D eigenvalue weighted by molar-refractivity contribution is 8.18. The first-order chi connectivity index (χ1) is 12.5. The summed E-state index contributed by atoms with van der Waals surface area (Å²) in [7, 11) is 1.69. The van der Waals surface area contributed by atoms with E-state index in [1.165, 1.54) is 12.1 Å². The van der Waals surface area contributed by atoms with Crippen molar-refractivity contribution in [2.75, 3.05) is 16.8 Å². The number of phenols is 1. The Labute approximate surface area is 153 Å². The van der Waals surface area contributed by atoms with Crippen LogP contribution in [0.5, 0.6) is 5.75 Å². The molecule has 0 spiro atoms. The highest BCUT2D eigenvalue weighted by Gasteiger charge is 2.40. The first-order valence-corrected chi connectivity index (χ1v) is 8.72. The van der Waals surface area contributed by atoms with E-state index in [0.717, 1.165) is 27.9 Å². The maximum atomic E-state index is 12.7. The quantitative estimate of drug-likeness (QED) is 0.826. The summed E-state index contributed by atoms with van der Waals surface area (Å²) < 4.78 is 0. The van der Waals surface area contributed by atoms with Crippen LogP contribution in [0.2, 0.25) is 0 Å². The molecule has 26 heavy (non-hydrogen) atoms. The fraction of sp³-hybridized carbons (Fsp3) is 0.105. The molecule has 1 fully saturated rings. The van der Waals surface area contributed by atoms with Crippen molar-refractivity contribution in [1.29, 1.82) is 0 Å². The number of fused-ring (bicyclic) bond motifs is 1. The predicted molar refractivity (Wildman–Crippen MR) is 99.3 cm³/mol. The molecular weight excluding hydrogens is 352 g/mol. The molecule has 1 saturated heterocycles. The zero-order chi connectivity index (χ0) is 18.4. The van der Waals surface area contributed by atoms with Crippen molar-refractivity contribution < 1.29 is 19.5 Å². The number of carbonyl (C=O) groups is 3. The average Bonchev–Trinajstić information content (AvgIpc) is 3.04. The maximum Gasteiger partial charge on any atom is 0.298 e. The minimum atomic E-state index is -0.598. The van der Waals surface area contributed by atoms with Gasteiger partial charge in [-0.15, -0.1) is 0 Å². The number of benzene rings is 2. The molecule has 0 aromatic heterocycles. The van der Waals surface area contributed by atoms with E-state index in [1.807, 2.05) is 24.3 Å². The Morgan fingerprint density at radius 2 is 1.85 bits per heavy atom. The van der Waals surface area contributed by atoms with Gasteiger partial charge in [0.2, 0.25) is 5.91 Å². The summed E-state index contributed by atoms with van der Waals surface area (Å²) in [5, 5.41) is 9.13. The summed E-state index contributed by atoms with van der Waals surface area (Å²) in [4.78, 5) is 40.4.